The molecule has 0 fully saturated rings. The smallest absolute Gasteiger partial charge is 0.416 e. The first-order chi connectivity index (χ1) is 14.6. The number of esters is 1. The first-order valence-electron chi connectivity index (χ1n) is 9.24. The summed E-state index contributed by atoms with van der Waals surface area (Å²) in [5.41, 5.74) is -0.0563. The lowest BCUT2D eigenvalue weighted by Crippen LogP contribution is -2.47. The van der Waals surface area contributed by atoms with Gasteiger partial charge in [0.1, 0.15) is 6.54 Å². The Morgan fingerprint density at radius 3 is 2.65 bits per heavy atom. The SMILES string of the molecule is C[C@@H](OC(=O)c1c[nH]c2ccccc12)C(=O)N1CC(=O)Nc2cc(C(F)(F)F)ccc21. The molecule has 1 atom stereocenters. The molecule has 0 radical (unpaired) electrons. The molecule has 2 amide bonds. The lowest BCUT2D eigenvalue weighted by molar-refractivity contribution is -0.137. The van der Waals surface area contributed by atoms with E-state index >= 15 is 0 Å². The van der Waals surface area contributed by atoms with Gasteiger partial charge >= 0.3 is 12.1 Å². The van der Waals surface area contributed by atoms with Gasteiger partial charge in [0.05, 0.1) is 22.5 Å². The molecular weight excluding hydrogens is 415 g/mol. The Balaban J connectivity index is 1.56. The van der Waals surface area contributed by atoms with Crippen LogP contribution in [0, 0.1) is 0 Å². The van der Waals surface area contributed by atoms with Crippen LogP contribution in [0.25, 0.3) is 10.9 Å². The summed E-state index contributed by atoms with van der Waals surface area (Å²) >= 11 is 0. The van der Waals surface area contributed by atoms with E-state index in [2.05, 4.69) is 10.3 Å². The number of hydrogen-bond donors (Lipinski definition) is 2. The van der Waals surface area contributed by atoms with Gasteiger partial charge in [0, 0.05) is 17.1 Å². The quantitative estimate of drug-likeness (QED) is 0.619. The number of aromatic amines is 1. The molecular formula is C21H16F3N3O4. The molecule has 160 valence electrons. The van der Waals surface area contributed by atoms with E-state index in [-0.39, 0.29) is 16.9 Å². The second kappa shape index (κ2) is 7.46. The van der Waals surface area contributed by atoms with E-state index in [1.165, 1.54) is 13.1 Å². The van der Waals surface area contributed by atoms with Gasteiger partial charge in [0.2, 0.25) is 5.91 Å². The summed E-state index contributed by atoms with van der Waals surface area (Å²) in [6.07, 6.45) is -4.41. The molecule has 1 aliphatic rings. The Kier molecular flexibility index (Phi) is 4.92. The van der Waals surface area contributed by atoms with Crippen LogP contribution in [-0.2, 0) is 20.5 Å². The minimum atomic E-state index is -4.60. The van der Waals surface area contributed by atoms with Crippen LogP contribution in [0.5, 0.6) is 0 Å². The van der Waals surface area contributed by atoms with Gasteiger partial charge in [-0.2, -0.15) is 13.2 Å². The van der Waals surface area contributed by atoms with Crippen LogP contribution in [0.1, 0.15) is 22.8 Å². The van der Waals surface area contributed by atoms with Crippen molar-refractivity contribution in [1.82, 2.24) is 4.98 Å². The number of anilines is 2. The van der Waals surface area contributed by atoms with E-state index in [0.717, 1.165) is 28.6 Å². The van der Waals surface area contributed by atoms with E-state index in [1.807, 2.05) is 0 Å². The fourth-order valence-corrected chi connectivity index (χ4v) is 3.40. The first-order valence-corrected chi connectivity index (χ1v) is 9.24. The number of carbonyl (C=O) groups is 3. The maximum atomic E-state index is 13.0. The summed E-state index contributed by atoms with van der Waals surface area (Å²) in [5, 5.41) is 2.95. The summed E-state index contributed by atoms with van der Waals surface area (Å²) in [6, 6.07) is 9.72. The maximum absolute atomic E-state index is 13.0. The van der Waals surface area contributed by atoms with E-state index in [0.29, 0.717) is 5.39 Å². The zero-order chi connectivity index (χ0) is 22.3. The van der Waals surface area contributed by atoms with Crippen molar-refractivity contribution >= 4 is 40.1 Å². The van der Waals surface area contributed by atoms with Crippen LogP contribution in [0.4, 0.5) is 24.5 Å². The number of ether oxygens (including phenoxy) is 1. The standard InChI is InChI=1S/C21H16F3N3O4/c1-11(31-20(30)14-9-25-15-5-3-2-4-13(14)15)19(29)27-10-18(28)26-16-8-12(21(22,23)24)6-7-17(16)27/h2-9,11,25H,10H2,1H3,(H,26,28)/t11-/m1/s1. The lowest BCUT2D eigenvalue weighted by Gasteiger charge is -2.31. The number of fused-ring (bicyclic) bond motifs is 2. The van der Waals surface area contributed by atoms with Crippen molar-refractivity contribution in [3.05, 3.63) is 59.8 Å². The molecule has 2 heterocycles. The highest BCUT2D eigenvalue weighted by Gasteiger charge is 2.35. The molecule has 7 nitrogen and oxygen atoms in total. The van der Waals surface area contributed by atoms with Gasteiger partial charge in [-0.05, 0) is 31.2 Å². The Hall–Kier alpha value is -3.82. The Labute approximate surface area is 173 Å². The number of para-hydroxylation sites is 1. The van der Waals surface area contributed by atoms with Crippen molar-refractivity contribution in [2.24, 2.45) is 0 Å². The number of rotatable bonds is 3. The van der Waals surface area contributed by atoms with E-state index < -0.39 is 42.2 Å². The second-order valence-corrected chi connectivity index (χ2v) is 7.00. The highest BCUT2D eigenvalue weighted by molar-refractivity contribution is 6.12. The molecule has 0 bridgehead atoms. The van der Waals surface area contributed by atoms with Crippen LogP contribution < -0.4 is 10.2 Å². The maximum Gasteiger partial charge on any atom is 0.416 e. The number of halogens is 3. The lowest BCUT2D eigenvalue weighted by atomic mass is 10.1. The summed E-state index contributed by atoms with van der Waals surface area (Å²) < 4.78 is 44.2. The normalized spacial score (nSPS) is 14.7. The second-order valence-electron chi connectivity index (χ2n) is 7.00. The number of nitrogens with zero attached hydrogens (tertiary/aromatic N) is 1. The van der Waals surface area contributed by atoms with Crippen molar-refractivity contribution in [3.8, 4) is 0 Å². The van der Waals surface area contributed by atoms with Gasteiger partial charge in [-0.15, -0.1) is 0 Å². The molecule has 3 aromatic rings. The van der Waals surface area contributed by atoms with Crippen LogP contribution in [-0.4, -0.2) is 35.4 Å². The number of H-pyrrole nitrogens is 1. The summed E-state index contributed by atoms with van der Waals surface area (Å²) in [6.45, 7) is 0.928. The fourth-order valence-electron chi connectivity index (χ4n) is 3.40. The average Bonchev–Trinajstić information content (AvgIpc) is 3.15. The third-order valence-electron chi connectivity index (χ3n) is 4.90. The highest BCUT2D eigenvalue weighted by atomic mass is 19.4. The molecule has 4 rings (SSSR count). The number of nitrogens with one attached hydrogen (secondary N) is 2. The van der Waals surface area contributed by atoms with Crippen LogP contribution in [0.3, 0.4) is 0 Å². The Morgan fingerprint density at radius 2 is 1.90 bits per heavy atom. The summed E-state index contributed by atoms with van der Waals surface area (Å²) in [5.74, 6) is -2.13. The molecule has 0 spiro atoms. The number of carbonyl (C=O) groups excluding carboxylic acids is 3. The van der Waals surface area contributed by atoms with E-state index in [1.54, 1.807) is 24.3 Å². The predicted molar refractivity (Wildman–Crippen MR) is 106 cm³/mol. The molecule has 0 unspecified atom stereocenters. The Bertz CT molecular complexity index is 1200. The van der Waals surface area contributed by atoms with Gasteiger partial charge in [0.25, 0.3) is 5.91 Å². The molecule has 0 saturated carbocycles. The van der Waals surface area contributed by atoms with Gasteiger partial charge in [0.15, 0.2) is 6.10 Å². The minimum Gasteiger partial charge on any atom is -0.449 e. The van der Waals surface area contributed by atoms with Crippen LogP contribution >= 0.6 is 0 Å². The van der Waals surface area contributed by atoms with E-state index in [4.69, 9.17) is 4.74 Å². The minimum absolute atomic E-state index is 0.0904. The Morgan fingerprint density at radius 1 is 1.16 bits per heavy atom. The fraction of sp³-hybridized carbons (Fsp3) is 0.190. The molecule has 2 N–H and O–H groups in total. The predicted octanol–water partition coefficient (Wildman–Crippen LogP) is 3.72. The van der Waals surface area contributed by atoms with Crippen molar-refractivity contribution in [2.75, 3.05) is 16.8 Å². The molecule has 1 aliphatic heterocycles. The number of benzene rings is 2. The van der Waals surface area contributed by atoms with Crippen molar-refractivity contribution < 1.29 is 32.3 Å². The van der Waals surface area contributed by atoms with Crippen LogP contribution in [0.15, 0.2) is 48.7 Å². The zero-order valence-corrected chi connectivity index (χ0v) is 16.1. The third kappa shape index (κ3) is 3.83. The highest BCUT2D eigenvalue weighted by Crippen LogP contribution is 2.37. The average molecular weight is 431 g/mol. The van der Waals surface area contributed by atoms with Crippen molar-refractivity contribution in [2.45, 2.75) is 19.2 Å². The van der Waals surface area contributed by atoms with Gasteiger partial charge in [-0.1, -0.05) is 18.2 Å². The summed E-state index contributed by atoms with van der Waals surface area (Å²) in [7, 11) is 0. The molecule has 0 aliphatic carbocycles. The van der Waals surface area contributed by atoms with E-state index in [9.17, 15) is 27.6 Å². The zero-order valence-electron chi connectivity index (χ0n) is 16.1. The van der Waals surface area contributed by atoms with Crippen molar-refractivity contribution in [1.29, 1.82) is 0 Å². The molecule has 1 aromatic heterocycles. The molecule has 0 saturated heterocycles. The molecule has 10 heteroatoms. The van der Waals surface area contributed by atoms with Gasteiger partial charge in [-0.3, -0.25) is 14.5 Å². The third-order valence-corrected chi connectivity index (χ3v) is 4.90. The topological polar surface area (TPSA) is 91.5 Å². The van der Waals surface area contributed by atoms with Crippen LogP contribution in [0.2, 0.25) is 0 Å². The largest absolute Gasteiger partial charge is 0.449 e. The molecule has 31 heavy (non-hydrogen) atoms. The number of aromatic nitrogens is 1. The summed E-state index contributed by atoms with van der Waals surface area (Å²) in [4.78, 5) is 41.4. The molecule has 2 aromatic carbocycles. The monoisotopic (exact) mass is 431 g/mol. The first kappa shape index (κ1) is 20.5. The van der Waals surface area contributed by atoms with Gasteiger partial charge < -0.3 is 15.0 Å². The number of alkyl halides is 3. The number of hydrogen-bond acceptors (Lipinski definition) is 4. The van der Waals surface area contributed by atoms with Crippen molar-refractivity contribution in [3.63, 3.8) is 0 Å². The number of amides is 2. The van der Waals surface area contributed by atoms with Gasteiger partial charge in [-0.25, -0.2) is 4.79 Å².